The average molecular weight is 264 g/mol. The normalized spacial score (nSPS) is 11.8. The zero-order valence-electron chi connectivity index (χ0n) is 11.3. The Morgan fingerprint density at radius 2 is 1.90 bits per heavy atom. The van der Waals surface area contributed by atoms with Crippen molar-refractivity contribution in [2.75, 3.05) is 0 Å². The van der Waals surface area contributed by atoms with Gasteiger partial charge in [0.05, 0.1) is 5.52 Å². The van der Waals surface area contributed by atoms with Gasteiger partial charge in [-0.05, 0) is 48.2 Å². The number of hydrogen-bond donors (Lipinski definition) is 0. The number of aromatic nitrogens is 2. The van der Waals surface area contributed by atoms with E-state index in [0.717, 1.165) is 27.2 Å². The van der Waals surface area contributed by atoms with Gasteiger partial charge in [0, 0.05) is 41.1 Å². The molecule has 0 N–H and O–H groups in total. The molecule has 20 heavy (non-hydrogen) atoms. The minimum atomic E-state index is -0.200. The van der Waals surface area contributed by atoms with Gasteiger partial charge in [0.25, 0.3) is 0 Å². The average Bonchev–Trinajstić information content (AvgIpc) is 2.72. The van der Waals surface area contributed by atoms with Crippen LogP contribution in [0.15, 0.2) is 42.7 Å². The monoisotopic (exact) mass is 264 g/mol. The van der Waals surface area contributed by atoms with Gasteiger partial charge >= 0.3 is 0 Å². The lowest BCUT2D eigenvalue weighted by atomic mass is 10.0. The van der Waals surface area contributed by atoms with Gasteiger partial charge in [-0.25, -0.2) is 4.39 Å². The highest BCUT2D eigenvalue weighted by Crippen LogP contribution is 2.34. The molecule has 0 saturated heterocycles. The standard InChI is InChI=1S/C17H13FN2/c1-10-13-5-6-19-9-11(13)7-15-14-8-12(18)3-4-16(14)20(2)17(10)15/h3-9H,1-2H3. The third-order valence-corrected chi connectivity index (χ3v) is 4.11. The summed E-state index contributed by atoms with van der Waals surface area (Å²) in [4.78, 5) is 4.18. The van der Waals surface area contributed by atoms with E-state index >= 15 is 0 Å². The lowest BCUT2D eigenvalue weighted by Gasteiger charge is -2.06. The van der Waals surface area contributed by atoms with Crippen molar-refractivity contribution < 1.29 is 4.39 Å². The molecular weight excluding hydrogens is 251 g/mol. The zero-order valence-corrected chi connectivity index (χ0v) is 11.3. The molecule has 0 radical (unpaired) electrons. The van der Waals surface area contributed by atoms with E-state index in [4.69, 9.17) is 0 Å². The van der Waals surface area contributed by atoms with E-state index in [-0.39, 0.29) is 5.82 Å². The zero-order chi connectivity index (χ0) is 13.9. The number of aryl methyl sites for hydroxylation is 2. The van der Waals surface area contributed by atoms with Gasteiger partial charge in [0.2, 0.25) is 0 Å². The Morgan fingerprint density at radius 1 is 1.05 bits per heavy atom. The van der Waals surface area contributed by atoms with Gasteiger partial charge in [-0.15, -0.1) is 0 Å². The first-order valence-corrected chi connectivity index (χ1v) is 6.58. The Labute approximate surface area is 115 Å². The van der Waals surface area contributed by atoms with Crippen molar-refractivity contribution in [3.63, 3.8) is 0 Å². The summed E-state index contributed by atoms with van der Waals surface area (Å²) in [7, 11) is 2.03. The molecule has 3 heteroatoms. The second kappa shape index (κ2) is 3.79. The second-order valence-corrected chi connectivity index (χ2v) is 5.22. The van der Waals surface area contributed by atoms with Crippen molar-refractivity contribution in [3.05, 3.63) is 54.1 Å². The maximum Gasteiger partial charge on any atom is 0.123 e. The van der Waals surface area contributed by atoms with Gasteiger partial charge < -0.3 is 4.57 Å². The Morgan fingerprint density at radius 3 is 2.75 bits per heavy atom. The second-order valence-electron chi connectivity index (χ2n) is 5.22. The van der Waals surface area contributed by atoms with Gasteiger partial charge in [-0.2, -0.15) is 0 Å². The summed E-state index contributed by atoms with van der Waals surface area (Å²) in [5.74, 6) is -0.200. The molecule has 4 rings (SSSR count). The summed E-state index contributed by atoms with van der Waals surface area (Å²) in [6, 6.07) is 9.10. The van der Waals surface area contributed by atoms with Crippen LogP contribution in [-0.4, -0.2) is 9.55 Å². The molecule has 0 aliphatic carbocycles. The molecule has 0 unspecified atom stereocenters. The summed E-state index contributed by atoms with van der Waals surface area (Å²) in [5, 5.41) is 4.32. The highest BCUT2D eigenvalue weighted by Gasteiger charge is 2.13. The molecule has 0 aliphatic rings. The summed E-state index contributed by atoms with van der Waals surface area (Å²) < 4.78 is 15.7. The fourth-order valence-corrected chi connectivity index (χ4v) is 3.19. The lowest BCUT2D eigenvalue weighted by molar-refractivity contribution is 0.629. The summed E-state index contributed by atoms with van der Waals surface area (Å²) in [6.45, 7) is 2.11. The Hall–Kier alpha value is -2.42. The van der Waals surface area contributed by atoms with Gasteiger partial charge in [0.15, 0.2) is 0 Å². The maximum absolute atomic E-state index is 13.6. The first kappa shape index (κ1) is 11.4. The number of halogens is 1. The molecule has 98 valence electrons. The van der Waals surface area contributed by atoms with Crippen LogP contribution in [0.5, 0.6) is 0 Å². The van der Waals surface area contributed by atoms with Crippen molar-refractivity contribution in [1.29, 1.82) is 0 Å². The SMILES string of the molecule is Cc1c2ccncc2cc2c3cc(F)ccc3n(C)c12. The number of nitrogens with zero attached hydrogens (tertiary/aromatic N) is 2. The van der Waals surface area contributed by atoms with E-state index in [1.807, 2.05) is 31.6 Å². The molecule has 2 aromatic carbocycles. The van der Waals surface area contributed by atoms with Crippen LogP contribution in [0.1, 0.15) is 5.56 Å². The van der Waals surface area contributed by atoms with Crippen LogP contribution in [0, 0.1) is 12.7 Å². The van der Waals surface area contributed by atoms with Crippen molar-refractivity contribution in [2.24, 2.45) is 7.05 Å². The minimum absolute atomic E-state index is 0.200. The molecule has 0 aliphatic heterocycles. The van der Waals surface area contributed by atoms with E-state index in [2.05, 4.69) is 22.5 Å². The summed E-state index contributed by atoms with van der Waals surface area (Å²) in [5.41, 5.74) is 3.41. The van der Waals surface area contributed by atoms with E-state index < -0.39 is 0 Å². The van der Waals surface area contributed by atoms with Crippen LogP contribution in [0.2, 0.25) is 0 Å². The summed E-state index contributed by atoms with van der Waals surface area (Å²) in [6.07, 6.45) is 3.67. The number of pyridine rings is 1. The van der Waals surface area contributed by atoms with E-state index in [9.17, 15) is 4.39 Å². The number of fused-ring (bicyclic) bond motifs is 4. The topological polar surface area (TPSA) is 17.8 Å². The van der Waals surface area contributed by atoms with Crippen LogP contribution >= 0.6 is 0 Å². The highest BCUT2D eigenvalue weighted by molar-refractivity contribution is 6.14. The van der Waals surface area contributed by atoms with Crippen molar-refractivity contribution >= 4 is 32.6 Å². The summed E-state index contributed by atoms with van der Waals surface area (Å²) >= 11 is 0. The van der Waals surface area contributed by atoms with Gasteiger partial charge in [-0.3, -0.25) is 4.98 Å². The molecule has 0 bridgehead atoms. The Bertz CT molecular complexity index is 983. The third kappa shape index (κ3) is 1.35. The van der Waals surface area contributed by atoms with Crippen LogP contribution in [-0.2, 0) is 7.05 Å². The molecule has 2 heterocycles. The molecule has 0 saturated carbocycles. The van der Waals surface area contributed by atoms with E-state index in [1.54, 1.807) is 6.07 Å². The predicted molar refractivity (Wildman–Crippen MR) is 80.4 cm³/mol. The quantitative estimate of drug-likeness (QED) is 0.462. The van der Waals surface area contributed by atoms with Crippen molar-refractivity contribution in [3.8, 4) is 0 Å². The van der Waals surface area contributed by atoms with Gasteiger partial charge in [0.1, 0.15) is 5.82 Å². The smallest absolute Gasteiger partial charge is 0.123 e. The van der Waals surface area contributed by atoms with Crippen molar-refractivity contribution in [1.82, 2.24) is 9.55 Å². The molecule has 0 atom stereocenters. The first-order valence-electron chi connectivity index (χ1n) is 6.58. The molecular formula is C17H13FN2. The number of hydrogen-bond acceptors (Lipinski definition) is 1. The van der Waals surface area contributed by atoms with E-state index in [1.165, 1.54) is 17.0 Å². The number of benzene rings is 2. The lowest BCUT2D eigenvalue weighted by Crippen LogP contribution is -1.90. The molecule has 4 aromatic rings. The van der Waals surface area contributed by atoms with Crippen molar-refractivity contribution in [2.45, 2.75) is 6.92 Å². The Kier molecular flexibility index (Phi) is 2.16. The largest absolute Gasteiger partial charge is 0.343 e. The van der Waals surface area contributed by atoms with Crippen LogP contribution in [0.3, 0.4) is 0 Å². The fourth-order valence-electron chi connectivity index (χ4n) is 3.19. The number of rotatable bonds is 0. The molecule has 0 fully saturated rings. The molecule has 0 spiro atoms. The fraction of sp³-hybridized carbons (Fsp3) is 0.118. The molecule has 2 nitrogen and oxygen atoms in total. The van der Waals surface area contributed by atoms with Crippen LogP contribution in [0.25, 0.3) is 32.6 Å². The van der Waals surface area contributed by atoms with E-state index in [0.29, 0.717) is 0 Å². The minimum Gasteiger partial charge on any atom is -0.343 e. The molecule has 0 amide bonds. The predicted octanol–water partition coefficient (Wildman–Crippen LogP) is 4.33. The molecule has 2 aromatic heterocycles. The third-order valence-electron chi connectivity index (χ3n) is 4.11. The highest BCUT2D eigenvalue weighted by atomic mass is 19.1. The first-order chi connectivity index (χ1) is 9.66. The van der Waals surface area contributed by atoms with Gasteiger partial charge in [-0.1, -0.05) is 0 Å². The Balaban J connectivity index is 2.35. The van der Waals surface area contributed by atoms with Crippen LogP contribution < -0.4 is 0 Å². The van der Waals surface area contributed by atoms with Crippen LogP contribution in [0.4, 0.5) is 4.39 Å². The maximum atomic E-state index is 13.6.